The third kappa shape index (κ3) is 4.13. The molecule has 86 valence electrons. The summed E-state index contributed by atoms with van der Waals surface area (Å²) in [6, 6.07) is 20.5. The van der Waals surface area contributed by atoms with Crippen molar-refractivity contribution in [1.29, 1.82) is 0 Å². The molecule has 2 nitrogen and oxygen atoms in total. The summed E-state index contributed by atoms with van der Waals surface area (Å²) < 4.78 is 0. The molecule has 17 heavy (non-hydrogen) atoms. The van der Waals surface area contributed by atoms with Crippen LogP contribution in [0.5, 0.6) is 0 Å². The van der Waals surface area contributed by atoms with Gasteiger partial charge in [0.1, 0.15) is 12.2 Å². The average molecular weight is 225 g/mol. The fourth-order valence-electron chi connectivity index (χ4n) is 1.55. The van der Waals surface area contributed by atoms with Crippen molar-refractivity contribution in [3.63, 3.8) is 0 Å². The lowest BCUT2D eigenvalue weighted by molar-refractivity contribution is -0.561. The van der Waals surface area contributed by atoms with Crippen LogP contribution in [0.25, 0.3) is 0 Å². The lowest BCUT2D eigenvalue weighted by Crippen LogP contribution is -2.77. The van der Waals surface area contributed by atoms with Crippen LogP contribution in [-0.2, 0) is 0 Å². The van der Waals surface area contributed by atoms with Crippen molar-refractivity contribution in [1.82, 2.24) is 0 Å². The summed E-state index contributed by atoms with van der Waals surface area (Å²) in [7, 11) is 0. The first-order valence-electron chi connectivity index (χ1n) is 5.80. The Bertz CT molecular complexity index is 449. The first-order chi connectivity index (χ1) is 8.45. The molecule has 0 saturated heterocycles. The molecule has 2 aromatic rings. The molecule has 0 atom stereocenters. The van der Waals surface area contributed by atoms with Crippen LogP contribution in [0.4, 0.5) is 11.4 Å². The lowest BCUT2D eigenvalue weighted by atomic mass is 10.3. The maximum absolute atomic E-state index is 3.23. The van der Waals surface area contributed by atoms with Crippen molar-refractivity contribution in [3.8, 4) is 0 Å². The molecule has 0 bridgehead atoms. The molecule has 0 fully saturated rings. The van der Waals surface area contributed by atoms with Crippen LogP contribution >= 0.6 is 0 Å². The molecule has 0 aliphatic heterocycles. The minimum absolute atomic E-state index is 0.934. The van der Waals surface area contributed by atoms with Crippen molar-refractivity contribution in [2.75, 3.05) is 11.9 Å². The Morgan fingerprint density at radius 1 is 0.882 bits per heavy atom. The molecular weight excluding hydrogens is 208 g/mol. The first-order valence-corrected chi connectivity index (χ1v) is 5.80. The van der Waals surface area contributed by atoms with Gasteiger partial charge >= 0.3 is 0 Å². The fraction of sp³-hybridized carbons (Fsp3) is 0.0667. The first kappa shape index (κ1) is 11.4. The largest absolute Gasteiger partial charge is 0.362 e. The van der Waals surface area contributed by atoms with Gasteiger partial charge in [0, 0.05) is 11.9 Å². The molecule has 3 N–H and O–H groups in total. The van der Waals surface area contributed by atoms with E-state index in [9.17, 15) is 0 Å². The van der Waals surface area contributed by atoms with Gasteiger partial charge in [-0.15, -0.1) is 0 Å². The highest BCUT2D eigenvalue weighted by Gasteiger charge is 1.90. The maximum atomic E-state index is 3.23. The highest BCUT2D eigenvalue weighted by Crippen LogP contribution is 2.03. The van der Waals surface area contributed by atoms with E-state index in [0.29, 0.717) is 0 Å². The van der Waals surface area contributed by atoms with Crippen molar-refractivity contribution in [3.05, 3.63) is 72.9 Å². The number of quaternary nitrogens is 1. The number of nitrogens with two attached hydrogens (primary N) is 1. The summed E-state index contributed by atoms with van der Waals surface area (Å²) in [6.45, 7) is 0.934. The van der Waals surface area contributed by atoms with Gasteiger partial charge in [-0.25, -0.2) is 0 Å². The van der Waals surface area contributed by atoms with E-state index in [0.717, 1.165) is 12.2 Å². The minimum Gasteiger partial charge on any atom is -0.362 e. The van der Waals surface area contributed by atoms with Crippen LogP contribution < -0.4 is 10.6 Å². The second-order valence-corrected chi connectivity index (χ2v) is 3.76. The standard InChI is InChI=1S/C15H16N2/c1-3-8-14(9-4-1)16-12-7-13-17-15-10-5-2-6-11-15/h1-12,16-17H,13H2/p+1/b12-7+. The Balaban J connectivity index is 1.72. The molecule has 0 aromatic heterocycles. The number of para-hydroxylation sites is 2. The number of rotatable bonds is 5. The zero-order valence-corrected chi connectivity index (χ0v) is 9.71. The minimum atomic E-state index is 0.934. The molecule has 0 amide bonds. The highest BCUT2D eigenvalue weighted by atomic mass is 14.9. The number of hydrogen-bond acceptors (Lipinski definition) is 1. The zero-order chi connectivity index (χ0) is 11.8. The van der Waals surface area contributed by atoms with Crippen molar-refractivity contribution in [2.24, 2.45) is 0 Å². The number of benzene rings is 2. The zero-order valence-electron chi connectivity index (χ0n) is 9.71. The van der Waals surface area contributed by atoms with E-state index in [1.54, 1.807) is 0 Å². The SMILES string of the molecule is C(=C\Nc1ccccc1)/C[NH2+]c1ccccc1. The number of nitrogens with one attached hydrogen (secondary N) is 1. The molecular formula is C15H17N2+. The lowest BCUT2D eigenvalue weighted by Gasteiger charge is -1.99. The van der Waals surface area contributed by atoms with Crippen LogP contribution in [0.2, 0.25) is 0 Å². The Morgan fingerprint density at radius 3 is 2.24 bits per heavy atom. The van der Waals surface area contributed by atoms with Crippen LogP contribution in [0.15, 0.2) is 72.9 Å². The summed E-state index contributed by atoms with van der Waals surface area (Å²) in [5, 5.41) is 5.43. The van der Waals surface area contributed by atoms with Gasteiger partial charge in [0.15, 0.2) is 0 Å². The van der Waals surface area contributed by atoms with Crippen molar-refractivity contribution in [2.45, 2.75) is 0 Å². The molecule has 0 spiro atoms. The molecule has 0 heterocycles. The Kier molecular flexibility index (Phi) is 4.37. The fourth-order valence-corrected chi connectivity index (χ4v) is 1.55. The molecule has 0 radical (unpaired) electrons. The Labute approximate surface area is 102 Å². The van der Waals surface area contributed by atoms with E-state index in [2.05, 4.69) is 41.0 Å². The third-order valence-corrected chi connectivity index (χ3v) is 2.43. The third-order valence-electron chi connectivity index (χ3n) is 2.43. The van der Waals surface area contributed by atoms with Crippen molar-refractivity contribution < 1.29 is 5.32 Å². The summed E-state index contributed by atoms with van der Waals surface area (Å²) in [5.41, 5.74) is 2.38. The van der Waals surface area contributed by atoms with Gasteiger partial charge < -0.3 is 10.6 Å². The van der Waals surface area contributed by atoms with Crippen molar-refractivity contribution >= 4 is 11.4 Å². The van der Waals surface area contributed by atoms with E-state index in [1.807, 2.05) is 42.6 Å². The second kappa shape index (κ2) is 6.51. The summed E-state index contributed by atoms with van der Waals surface area (Å²) in [4.78, 5) is 0. The predicted octanol–water partition coefficient (Wildman–Crippen LogP) is 2.51. The maximum Gasteiger partial charge on any atom is 0.129 e. The number of anilines is 1. The molecule has 2 rings (SSSR count). The average Bonchev–Trinajstić information content (AvgIpc) is 2.41. The highest BCUT2D eigenvalue weighted by molar-refractivity contribution is 5.44. The van der Waals surface area contributed by atoms with Gasteiger partial charge in [0.2, 0.25) is 0 Å². The Hall–Kier alpha value is -2.06. The van der Waals surface area contributed by atoms with Gasteiger partial charge in [-0.05, 0) is 30.3 Å². The van der Waals surface area contributed by atoms with E-state index in [4.69, 9.17) is 0 Å². The van der Waals surface area contributed by atoms with E-state index in [1.165, 1.54) is 5.69 Å². The molecule has 2 aromatic carbocycles. The summed E-state index contributed by atoms with van der Waals surface area (Å²) in [5.74, 6) is 0. The normalized spacial score (nSPS) is 10.6. The second-order valence-electron chi connectivity index (χ2n) is 3.76. The van der Waals surface area contributed by atoms with E-state index >= 15 is 0 Å². The predicted molar refractivity (Wildman–Crippen MR) is 72.1 cm³/mol. The molecule has 0 aliphatic rings. The van der Waals surface area contributed by atoms with Gasteiger partial charge in [-0.1, -0.05) is 36.4 Å². The molecule has 2 heteroatoms. The smallest absolute Gasteiger partial charge is 0.129 e. The van der Waals surface area contributed by atoms with E-state index < -0.39 is 0 Å². The Morgan fingerprint density at radius 2 is 1.53 bits per heavy atom. The molecule has 0 unspecified atom stereocenters. The van der Waals surface area contributed by atoms with Crippen LogP contribution in [0, 0.1) is 0 Å². The van der Waals surface area contributed by atoms with Gasteiger partial charge in [-0.2, -0.15) is 0 Å². The topological polar surface area (TPSA) is 28.6 Å². The summed E-state index contributed by atoms with van der Waals surface area (Å²) in [6.07, 6.45) is 4.09. The van der Waals surface area contributed by atoms with Crippen LogP contribution in [0.3, 0.4) is 0 Å². The van der Waals surface area contributed by atoms with Crippen LogP contribution in [-0.4, -0.2) is 6.54 Å². The van der Waals surface area contributed by atoms with Gasteiger partial charge in [0.25, 0.3) is 0 Å². The van der Waals surface area contributed by atoms with E-state index in [-0.39, 0.29) is 0 Å². The quantitative estimate of drug-likeness (QED) is 0.752. The monoisotopic (exact) mass is 225 g/mol. The van der Waals surface area contributed by atoms with Gasteiger partial charge in [-0.3, -0.25) is 0 Å². The number of hydrogen-bond donors (Lipinski definition) is 2. The molecule has 0 saturated carbocycles. The van der Waals surface area contributed by atoms with Gasteiger partial charge in [0.05, 0.1) is 0 Å². The molecule has 0 aliphatic carbocycles. The summed E-state index contributed by atoms with van der Waals surface area (Å²) >= 11 is 0. The van der Waals surface area contributed by atoms with Crippen LogP contribution in [0.1, 0.15) is 0 Å².